The fraction of sp³-hybridized carbons (Fsp3) is 0.500. The number of benzene rings is 2. The van der Waals surface area contributed by atoms with Crippen LogP contribution in [0, 0.1) is 5.82 Å². The predicted molar refractivity (Wildman–Crippen MR) is 130 cm³/mol. The van der Waals surface area contributed by atoms with Gasteiger partial charge in [-0.15, -0.1) is 0 Å². The van der Waals surface area contributed by atoms with Crippen molar-refractivity contribution in [1.82, 2.24) is 4.90 Å². The lowest BCUT2D eigenvalue weighted by atomic mass is 10.0. The lowest BCUT2D eigenvalue weighted by Gasteiger charge is -2.21. The quantitative estimate of drug-likeness (QED) is 0.235. The number of aryl methyl sites for hydroxylation is 1. The molecule has 2 aromatic carbocycles. The van der Waals surface area contributed by atoms with Crippen LogP contribution in [-0.2, 0) is 29.1 Å². The molecule has 5 heteroatoms. The standard InChI is InChI=1S/C28H38FNO3/c1-2-3-4-5-6-7-8-9-10-11-12-23-13-15-24(16-14-23)21-30(27(31)28(32)33)22-25-17-19-26(29)20-18-25/h13-20H,2-12,21-22H2,1H3,(H,32,33). The lowest BCUT2D eigenvalue weighted by molar-refractivity contribution is -0.156. The molecule has 4 nitrogen and oxygen atoms in total. The van der Waals surface area contributed by atoms with E-state index >= 15 is 0 Å². The highest BCUT2D eigenvalue weighted by atomic mass is 19.1. The molecule has 0 heterocycles. The second-order valence-corrected chi connectivity index (χ2v) is 8.84. The second kappa shape index (κ2) is 15.2. The van der Waals surface area contributed by atoms with Gasteiger partial charge in [-0.1, -0.05) is 101 Å². The maximum Gasteiger partial charge on any atom is 0.394 e. The predicted octanol–water partition coefficient (Wildman–Crippen LogP) is 6.90. The summed E-state index contributed by atoms with van der Waals surface area (Å²) in [5, 5.41) is 9.17. The number of rotatable bonds is 15. The number of carbonyl (C=O) groups excluding carboxylic acids is 1. The van der Waals surface area contributed by atoms with Crippen LogP contribution < -0.4 is 0 Å². The summed E-state index contributed by atoms with van der Waals surface area (Å²) in [5.74, 6) is -2.82. The van der Waals surface area contributed by atoms with Crippen LogP contribution in [0.1, 0.15) is 87.8 Å². The van der Waals surface area contributed by atoms with E-state index in [9.17, 15) is 14.0 Å². The van der Waals surface area contributed by atoms with E-state index in [-0.39, 0.29) is 18.9 Å². The number of nitrogens with zero attached hydrogens (tertiary/aromatic N) is 1. The summed E-state index contributed by atoms with van der Waals surface area (Å²) in [6, 6.07) is 13.8. The third kappa shape index (κ3) is 10.6. The molecule has 0 aliphatic heterocycles. The normalized spacial score (nSPS) is 10.8. The van der Waals surface area contributed by atoms with E-state index in [1.165, 1.54) is 86.8 Å². The van der Waals surface area contributed by atoms with Crippen molar-refractivity contribution in [3.8, 4) is 0 Å². The molecule has 0 unspecified atom stereocenters. The number of hydrogen-bond acceptors (Lipinski definition) is 2. The topological polar surface area (TPSA) is 57.6 Å². The van der Waals surface area contributed by atoms with E-state index in [1.54, 1.807) is 12.1 Å². The molecule has 0 radical (unpaired) electrons. The minimum absolute atomic E-state index is 0.117. The van der Waals surface area contributed by atoms with Gasteiger partial charge in [0.2, 0.25) is 0 Å². The number of unbranched alkanes of at least 4 members (excludes halogenated alkanes) is 9. The number of carbonyl (C=O) groups is 2. The summed E-state index contributed by atoms with van der Waals surface area (Å²) in [6.45, 7) is 2.56. The molecule has 0 aliphatic carbocycles. The number of halogens is 1. The molecule has 0 aromatic heterocycles. The third-order valence-corrected chi connectivity index (χ3v) is 5.97. The van der Waals surface area contributed by atoms with Gasteiger partial charge in [-0.2, -0.15) is 0 Å². The van der Waals surface area contributed by atoms with Crippen molar-refractivity contribution in [3.05, 3.63) is 71.0 Å². The Morgan fingerprint density at radius 1 is 0.697 bits per heavy atom. The summed E-state index contributed by atoms with van der Waals surface area (Å²) in [4.78, 5) is 24.7. The summed E-state index contributed by atoms with van der Waals surface area (Å²) in [6.07, 6.45) is 14.2. The van der Waals surface area contributed by atoms with Crippen LogP contribution in [0.3, 0.4) is 0 Å². The van der Waals surface area contributed by atoms with Crippen LogP contribution >= 0.6 is 0 Å². The molecule has 0 atom stereocenters. The molecule has 0 bridgehead atoms. The van der Waals surface area contributed by atoms with Crippen LogP contribution in [0.25, 0.3) is 0 Å². The Morgan fingerprint density at radius 2 is 1.12 bits per heavy atom. The molecular formula is C28H38FNO3. The van der Waals surface area contributed by atoms with Gasteiger partial charge < -0.3 is 10.0 Å². The Hall–Kier alpha value is -2.69. The molecule has 33 heavy (non-hydrogen) atoms. The molecule has 0 aliphatic rings. The molecule has 0 saturated carbocycles. The van der Waals surface area contributed by atoms with Crippen molar-refractivity contribution in [3.63, 3.8) is 0 Å². The van der Waals surface area contributed by atoms with Crippen molar-refractivity contribution in [2.75, 3.05) is 0 Å². The van der Waals surface area contributed by atoms with Crippen molar-refractivity contribution < 1.29 is 19.1 Å². The van der Waals surface area contributed by atoms with Gasteiger partial charge in [-0.25, -0.2) is 9.18 Å². The highest BCUT2D eigenvalue weighted by Gasteiger charge is 2.21. The van der Waals surface area contributed by atoms with Gasteiger partial charge >= 0.3 is 11.9 Å². The van der Waals surface area contributed by atoms with Gasteiger partial charge in [0.05, 0.1) is 0 Å². The second-order valence-electron chi connectivity index (χ2n) is 8.84. The van der Waals surface area contributed by atoms with Crippen molar-refractivity contribution in [2.45, 2.75) is 90.6 Å². The number of hydrogen-bond donors (Lipinski definition) is 1. The van der Waals surface area contributed by atoms with Crippen LogP contribution in [-0.4, -0.2) is 21.9 Å². The van der Waals surface area contributed by atoms with Gasteiger partial charge in [-0.3, -0.25) is 4.79 Å². The first-order valence-electron chi connectivity index (χ1n) is 12.3. The average molecular weight is 456 g/mol. The zero-order chi connectivity index (χ0) is 23.9. The molecule has 2 aromatic rings. The summed E-state index contributed by atoms with van der Waals surface area (Å²) < 4.78 is 13.1. The van der Waals surface area contributed by atoms with Crippen molar-refractivity contribution >= 4 is 11.9 Å². The largest absolute Gasteiger partial charge is 0.474 e. The molecule has 0 spiro atoms. The van der Waals surface area contributed by atoms with Crippen molar-refractivity contribution in [2.24, 2.45) is 0 Å². The highest BCUT2D eigenvalue weighted by molar-refractivity contribution is 6.31. The first-order chi connectivity index (χ1) is 16.0. The smallest absolute Gasteiger partial charge is 0.394 e. The average Bonchev–Trinajstić information content (AvgIpc) is 2.81. The van der Waals surface area contributed by atoms with Gasteiger partial charge in [0.25, 0.3) is 0 Å². The molecule has 1 amide bonds. The number of amides is 1. The van der Waals surface area contributed by atoms with E-state index < -0.39 is 11.9 Å². The number of carboxylic acids is 1. The lowest BCUT2D eigenvalue weighted by Crippen LogP contribution is -2.35. The summed E-state index contributed by atoms with van der Waals surface area (Å²) in [7, 11) is 0. The number of carboxylic acid groups (broad SMARTS) is 1. The van der Waals surface area contributed by atoms with Crippen molar-refractivity contribution in [1.29, 1.82) is 0 Å². The summed E-state index contributed by atoms with van der Waals surface area (Å²) >= 11 is 0. The van der Waals surface area contributed by atoms with Crippen LogP contribution in [0.2, 0.25) is 0 Å². The van der Waals surface area contributed by atoms with Crippen LogP contribution in [0.15, 0.2) is 48.5 Å². The Labute approximate surface area is 197 Å². The molecule has 180 valence electrons. The first-order valence-corrected chi connectivity index (χ1v) is 12.3. The van der Waals surface area contributed by atoms with Gasteiger partial charge in [0, 0.05) is 13.1 Å². The fourth-order valence-electron chi connectivity index (χ4n) is 3.99. The molecule has 1 N–H and O–H groups in total. The maximum absolute atomic E-state index is 13.1. The molecule has 2 rings (SSSR count). The molecule has 0 saturated heterocycles. The highest BCUT2D eigenvalue weighted by Crippen LogP contribution is 2.15. The summed E-state index contributed by atoms with van der Waals surface area (Å²) in [5.41, 5.74) is 2.81. The minimum atomic E-state index is -1.49. The van der Waals surface area contributed by atoms with E-state index in [0.29, 0.717) is 5.56 Å². The van der Waals surface area contributed by atoms with E-state index in [0.717, 1.165) is 12.0 Å². The Bertz CT molecular complexity index is 833. The fourth-order valence-corrected chi connectivity index (χ4v) is 3.99. The maximum atomic E-state index is 13.1. The van der Waals surface area contributed by atoms with Gasteiger partial charge in [0.1, 0.15) is 5.82 Å². The Balaban J connectivity index is 1.75. The van der Waals surface area contributed by atoms with Gasteiger partial charge in [-0.05, 0) is 41.7 Å². The zero-order valence-corrected chi connectivity index (χ0v) is 19.9. The third-order valence-electron chi connectivity index (χ3n) is 5.97. The van der Waals surface area contributed by atoms with Crippen LogP contribution in [0.5, 0.6) is 0 Å². The molecule has 0 fully saturated rings. The first kappa shape index (κ1) is 26.6. The Morgan fingerprint density at radius 3 is 1.61 bits per heavy atom. The number of aliphatic carboxylic acids is 1. The van der Waals surface area contributed by atoms with E-state index in [4.69, 9.17) is 5.11 Å². The van der Waals surface area contributed by atoms with E-state index in [1.807, 2.05) is 12.1 Å². The minimum Gasteiger partial charge on any atom is -0.474 e. The van der Waals surface area contributed by atoms with Crippen LogP contribution in [0.4, 0.5) is 4.39 Å². The molecular weight excluding hydrogens is 417 g/mol. The Kier molecular flexibility index (Phi) is 12.2. The SMILES string of the molecule is CCCCCCCCCCCCc1ccc(CN(Cc2ccc(F)cc2)C(=O)C(=O)O)cc1. The van der Waals surface area contributed by atoms with Gasteiger partial charge in [0.15, 0.2) is 0 Å². The monoisotopic (exact) mass is 455 g/mol. The zero-order valence-electron chi connectivity index (χ0n) is 19.9. The van der Waals surface area contributed by atoms with E-state index in [2.05, 4.69) is 19.1 Å².